The fourth-order valence-electron chi connectivity index (χ4n) is 1.26. The van der Waals surface area contributed by atoms with Gasteiger partial charge < -0.3 is 15.0 Å². The summed E-state index contributed by atoms with van der Waals surface area (Å²) in [5, 5.41) is 8.84. The molecule has 1 heterocycles. The van der Waals surface area contributed by atoms with E-state index in [0.717, 1.165) is 6.42 Å². The van der Waals surface area contributed by atoms with Gasteiger partial charge in [-0.1, -0.05) is 6.92 Å². The number of carbonyl (C=O) groups is 2. The number of imidazole rings is 1. The van der Waals surface area contributed by atoms with Gasteiger partial charge in [0.05, 0.1) is 6.33 Å². The van der Waals surface area contributed by atoms with Gasteiger partial charge in [0.15, 0.2) is 11.4 Å². The van der Waals surface area contributed by atoms with E-state index < -0.39 is 5.97 Å². The lowest BCUT2D eigenvalue weighted by molar-refractivity contribution is 0.0664. The summed E-state index contributed by atoms with van der Waals surface area (Å²) in [6.45, 7) is 3.85. The number of carboxylic acid groups (broad SMARTS) is 1. The van der Waals surface area contributed by atoms with Gasteiger partial charge in [-0.25, -0.2) is 9.78 Å². The predicted octanol–water partition coefficient (Wildman–Crippen LogP) is 0.978. The summed E-state index contributed by atoms with van der Waals surface area (Å²) in [4.78, 5) is 30.4. The summed E-state index contributed by atoms with van der Waals surface area (Å²) < 4.78 is 0. The largest absolute Gasteiger partial charge is 0.477 e. The molecule has 0 aliphatic carbocycles. The van der Waals surface area contributed by atoms with Crippen LogP contribution < -0.4 is 0 Å². The van der Waals surface area contributed by atoms with E-state index in [9.17, 15) is 9.59 Å². The minimum Gasteiger partial charge on any atom is -0.477 e. The van der Waals surface area contributed by atoms with Crippen LogP contribution in [0.2, 0.25) is 0 Å². The van der Waals surface area contributed by atoms with Gasteiger partial charge in [0.2, 0.25) is 0 Å². The number of aromatic nitrogens is 2. The Kier molecular flexibility index (Phi) is 3.65. The van der Waals surface area contributed by atoms with Crippen molar-refractivity contribution in [2.24, 2.45) is 0 Å². The van der Waals surface area contributed by atoms with E-state index in [1.807, 2.05) is 13.8 Å². The zero-order chi connectivity index (χ0) is 12.3. The smallest absolute Gasteiger partial charge is 0.354 e. The quantitative estimate of drug-likeness (QED) is 0.799. The maximum atomic E-state index is 11.9. The molecule has 0 spiro atoms. The van der Waals surface area contributed by atoms with Crippen molar-refractivity contribution >= 4 is 11.9 Å². The number of H-pyrrole nitrogens is 1. The molecule has 0 aliphatic heterocycles. The summed E-state index contributed by atoms with van der Waals surface area (Å²) in [6.07, 6.45) is 2.01. The van der Waals surface area contributed by atoms with Crippen molar-refractivity contribution in [3.63, 3.8) is 0 Å². The molecule has 0 saturated carbocycles. The number of hydrogen-bond acceptors (Lipinski definition) is 3. The number of carbonyl (C=O) groups excluding carboxylic acids is 1. The molecular formula is C10H15N3O3. The summed E-state index contributed by atoms with van der Waals surface area (Å²) >= 11 is 0. The van der Waals surface area contributed by atoms with Crippen molar-refractivity contribution in [3.8, 4) is 0 Å². The Morgan fingerprint density at radius 2 is 2.25 bits per heavy atom. The number of aromatic carboxylic acids is 1. The van der Waals surface area contributed by atoms with Crippen LogP contribution in [0.15, 0.2) is 6.33 Å². The molecular weight excluding hydrogens is 210 g/mol. The number of nitrogens with zero attached hydrogens (tertiary/aromatic N) is 2. The monoisotopic (exact) mass is 225 g/mol. The second kappa shape index (κ2) is 4.78. The van der Waals surface area contributed by atoms with E-state index in [1.54, 1.807) is 7.05 Å². The molecule has 1 rings (SSSR count). The van der Waals surface area contributed by atoms with Gasteiger partial charge in [0, 0.05) is 13.1 Å². The Labute approximate surface area is 93.3 Å². The molecule has 2 N–H and O–H groups in total. The highest BCUT2D eigenvalue weighted by atomic mass is 16.4. The molecule has 6 heteroatoms. The van der Waals surface area contributed by atoms with Crippen LogP contribution in [0.1, 0.15) is 41.2 Å². The van der Waals surface area contributed by atoms with Crippen LogP contribution in [0.25, 0.3) is 0 Å². The Morgan fingerprint density at radius 3 is 2.75 bits per heavy atom. The highest BCUT2D eigenvalue weighted by Gasteiger charge is 2.24. The zero-order valence-corrected chi connectivity index (χ0v) is 9.52. The Bertz CT molecular complexity index is 400. The number of aromatic amines is 1. The number of carboxylic acids is 1. The van der Waals surface area contributed by atoms with E-state index in [4.69, 9.17) is 5.11 Å². The molecule has 1 aromatic rings. The van der Waals surface area contributed by atoms with Crippen molar-refractivity contribution in [3.05, 3.63) is 17.7 Å². The molecule has 0 fully saturated rings. The fourth-order valence-corrected chi connectivity index (χ4v) is 1.26. The van der Waals surface area contributed by atoms with Crippen LogP contribution >= 0.6 is 0 Å². The molecule has 88 valence electrons. The minimum absolute atomic E-state index is 0.0460. The molecule has 0 saturated heterocycles. The maximum Gasteiger partial charge on any atom is 0.354 e. The first-order valence-corrected chi connectivity index (χ1v) is 5.02. The second-order valence-corrected chi connectivity index (χ2v) is 3.60. The first kappa shape index (κ1) is 12.2. The highest BCUT2D eigenvalue weighted by molar-refractivity contribution is 6.02. The molecule has 1 amide bonds. The zero-order valence-electron chi connectivity index (χ0n) is 9.52. The molecule has 0 bridgehead atoms. The third-order valence-electron chi connectivity index (χ3n) is 2.63. The van der Waals surface area contributed by atoms with E-state index in [2.05, 4.69) is 9.97 Å². The van der Waals surface area contributed by atoms with Crippen molar-refractivity contribution in [1.29, 1.82) is 0 Å². The number of rotatable bonds is 4. The molecule has 0 aromatic carbocycles. The van der Waals surface area contributed by atoms with Crippen molar-refractivity contribution in [2.75, 3.05) is 7.05 Å². The van der Waals surface area contributed by atoms with Crippen LogP contribution in [-0.2, 0) is 0 Å². The number of hydrogen-bond donors (Lipinski definition) is 2. The number of nitrogens with one attached hydrogen (secondary N) is 1. The third-order valence-corrected chi connectivity index (χ3v) is 2.63. The molecule has 0 radical (unpaired) electrons. The van der Waals surface area contributed by atoms with E-state index in [1.165, 1.54) is 11.2 Å². The average Bonchev–Trinajstić information content (AvgIpc) is 2.74. The Balaban J connectivity index is 2.96. The minimum atomic E-state index is -1.18. The van der Waals surface area contributed by atoms with Gasteiger partial charge in [-0.15, -0.1) is 0 Å². The van der Waals surface area contributed by atoms with Gasteiger partial charge >= 0.3 is 5.97 Å². The second-order valence-electron chi connectivity index (χ2n) is 3.60. The number of amides is 1. The predicted molar refractivity (Wildman–Crippen MR) is 57.4 cm³/mol. The summed E-state index contributed by atoms with van der Waals surface area (Å²) in [5.74, 6) is -1.56. The Morgan fingerprint density at radius 1 is 1.62 bits per heavy atom. The lowest BCUT2D eigenvalue weighted by Crippen LogP contribution is -2.35. The van der Waals surface area contributed by atoms with E-state index in [0.29, 0.717) is 0 Å². The van der Waals surface area contributed by atoms with E-state index >= 15 is 0 Å². The van der Waals surface area contributed by atoms with Crippen LogP contribution in [-0.4, -0.2) is 44.9 Å². The fraction of sp³-hybridized carbons (Fsp3) is 0.500. The van der Waals surface area contributed by atoms with Gasteiger partial charge in [-0.2, -0.15) is 0 Å². The van der Waals surface area contributed by atoms with Crippen LogP contribution in [0, 0.1) is 0 Å². The first-order chi connectivity index (χ1) is 7.49. The summed E-state index contributed by atoms with van der Waals surface area (Å²) in [5.41, 5.74) is -0.213. The Hall–Kier alpha value is -1.85. The normalized spacial score (nSPS) is 12.2. The van der Waals surface area contributed by atoms with Crippen LogP contribution in [0.3, 0.4) is 0 Å². The van der Waals surface area contributed by atoms with Crippen molar-refractivity contribution in [2.45, 2.75) is 26.3 Å². The highest BCUT2D eigenvalue weighted by Crippen LogP contribution is 2.09. The van der Waals surface area contributed by atoms with E-state index in [-0.39, 0.29) is 23.3 Å². The standard InChI is InChI=1S/C10H15N3O3/c1-4-6(2)13(3)9(14)7-8(10(15)16)12-5-11-7/h5-6H,4H2,1-3H3,(H,11,12)(H,15,16). The van der Waals surface area contributed by atoms with Crippen LogP contribution in [0.5, 0.6) is 0 Å². The molecule has 1 aromatic heterocycles. The summed E-state index contributed by atoms with van der Waals surface area (Å²) in [6, 6.07) is 0.0471. The first-order valence-electron chi connectivity index (χ1n) is 5.02. The van der Waals surface area contributed by atoms with Gasteiger partial charge in [0.1, 0.15) is 0 Å². The van der Waals surface area contributed by atoms with Gasteiger partial charge in [-0.05, 0) is 13.3 Å². The van der Waals surface area contributed by atoms with Gasteiger partial charge in [-0.3, -0.25) is 4.79 Å². The van der Waals surface area contributed by atoms with Crippen molar-refractivity contribution in [1.82, 2.24) is 14.9 Å². The lowest BCUT2D eigenvalue weighted by atomic mass is 10.2. The average molecular weight is 225 g/mol. The SMILES string of the molecule is CCC(C)N(C)C(=O)c1nc[nH]c1C(=O)O. The van der Waals surface area contributed by atoms with Crippen molar-refractivity contribution < 1.29 is 14.7 Å². The van der Waals surface area contributed by atoms with Gasteiger partial charge in [0.25, 0.3) is 5.91 Å². The topological polar surface area (TPSA) is 86.3 Å². The molecule has 1 atom stereocenters. The molecule has 16 heavy (non-hydrogen) atoms. The molecule has 1 unspecified atom stereocenters. The maximum absolute atomic E-state index is 11.9. The lowest BCUT2D eigenvalue weighted by Gasteiger charge is -2.22. The summed E-state index contributed by atoms with van der Waals surface area (Å²) in [7, 11) is 1.64. The van der Waals surface area contributed by atoms with Crippen LogP contribution in [0.4, 0.5) is 0 Å². The molecule has 6 nitrogen and oxygen atoms in total. The third kappa shape index (κ3) is 2.21. The molecule has 0 aliphatic rings.